The van der Waals surface area contributed by atoms with E-state index in [9.17, 15) is 9.59 Å². The van der Waals surface area contributed by atoms with E-state index in [1.807, 2.05) is 13.8 Å². The van der Waals surface area contributed by atoms with Crippen LogP contribution in [0.15, 0.2) is 4.42 Å². The van der Waals surface area contributed by atoms with Gasteiger partial charge in [0.15, 0.2) is 11.5 Å². The molecule has 1 aliphatic rings. The Morgan fingerprint density at radius 2 is 1.41 bits per heavy atom. The molecule has 0 aliphatic heterocycles. The molecule has 0 bridgehead atoms. The van der Waals surface area contributed by atoms with Crippen LogP contribution in [0.4, 0.5) is 0 Å². The minimum Gasteiger partial charge on any atom is -0.451 e. The fraction of sp³-hybridized carbons (Fsp3) is 0.250. The maximum atomic E-state index is 13.0. The number of hydrogen-bond acceptors (Lipinski definition) is 6. The molecule has 3 aromatic rings. The highest BCUT2D eigenvalue weighted by molar-refractivity contribution is 7.13. The normalized spacial score (nSPS) is 13.6. The Kier molecular flexibility index (Phi) is 2.49. The number of aryl methyl sites for hydroxylation is 4. The first-order valence-corrected chi connectivity index (χ1v) is 7.69. The highest BCUT2D eigenvalue weighted by atomic mass is 32.1. The number of furan rings is 1. The van der Waals surface area contributed by atoms with Crippen LogP contribution in [0.2, 0.25) is 0 Å². The molecule has 0 unspecified atom stereocenters. The lowest BCUT2D eigenvalue weighted by Gasteiger charge is -2.16. The summed E-state index contributed by atoms with van der Waals surface area (Å²) in [5.41, 5.74) is 2.62. The molecule has 0 amide bonds. The lowest BCUT2D eigenvalue weighted by Crippen LogP contribution is -2.23. The zero-order chi connectivity index (χ0) is 15.8. The van der Waals surface area contributed by atoms with E-state index in [2.05, 4.69) is 10.2 Å². The van der Waals surface area contributed by atoms with Crippen molar-refractivity contribution in [1.82, 2.24) is 10.2 Å². The predicted molar refractivity (Wildman–Crippen MR) is 81.9 cm³/mol. The monoisotopic (exact) mass is 312 g/mol. The molecule has 6 heteroatoms. The summed E-state index contributed by atoms with van der Waals surface area (Å²) in [4.78, 5) is 27.7. The van der Waals surface area contributed by atoms with Gasteiger partial charge in [0.1, 0.15) is 5.58 Å². The number of ketones is 2. The maximum Gasteiger partial charge on any atom is 0.231 e. The van der Waals surface area contributed by atoms with Crippen LogP contribution in [0.25, 0.3) is 11.0 Å². The largest absolute Gasteiger partial charge is 0.451 e. The molecule has 110 valence electrons. The van der Waals surface area contributed by atoms with Gasteiger partial charge < -0.3 is 4.42 Å². The average molecular weight is 312 g/mol. The van der Waals surface area contributed by atoms with Crippen molar-refractivity contribution in [1.29, 1.82) is 0 Å². The van der Waals surface area contributed by atoms with E-state index in [1.54, 1.807) is 25.2 Å². The van der Waals surface area contributed by atoms with Crippen molar-refractivity contribution in [2.45, 2.75) is 27.7 Å². The number of fused-ring (bicyclic) bond motifs is 4. The summed E-state index contributed by atoms with van der Waals surface area (Å²) < 4.78 is 5.77. The van der Waals surface area contributed by atoms with Gasteiger partial charge in [-0.05, 0) is 27.7 Å². The van der Waals surface area contributed by atoms with Gasteiger partial charge in [0.25, 0.3) is 0 Å². The molecule has 0 radical (unpaired) electrons. The number of thiophene rings is 1. The van der Waals surface area contributed by atoms with E-state index in [-0.39, 0.29) is 17.3 Å². The van der Waals surface area contributed by atoms with Gasteiger partial charge in [0, 0.05) is 15.1 Å². The van der Waals surface area contributed by atoms with Crippen LogP contribution in [-0.4, -0.2) is 21.8 Å². The topological polar surface area (TPSA) is 73.1 Å². The summed E-state index contributed by atoms with van der Waals surface area (Å²) in [6.45, 7) is 7.25. The molecule has 0 saturated carbocycles. The Bertz CT molecular complexity index is 1010. The van der Waals surface area contributed by atoms with Gasteiger partial charge >= 0.3 is 0 Å². The van der Waals surface area contributed by atoms with Crippen LogP contribution in [-0.2, 0) is 0 Å². The van der Waals surface area contributed by atoms with Gasteiger partial charge in [-0.1, -0.05) is 0 Å². The predicted octanol–water partition coefficient (Wildman–Crippen LogP) is 3.29. The van der Waals surface area contributed by atoms with Crippen LogP contribution in [0.5, 0.6) is 0 Å². The van der Waals surface area contributed by atoms with Gasteiger partial charge in [0.05, 0.1) is 28.1 Å². The molecule has 0 spiro atoms. The molecule has 0 aromatic carbocycles. The summed E-state index contributed by atoms with van der Waals surface area (Å²) in [6.07, 6.45) is 0. The van der Waals surface area contributed by atoms with Crippen molar-refractivity contribution in [3.8, 4) is 0 Å². The van der Waals surface area contributed by atoms with Crippen molar-refractivity contribution in [3.63, 3.8) is 0 Å². The minimum absolute atomic E-state index is 0.136. The van der Waals surface area contributed by atoms with Gasteiger partial charge in [0.2, 0.25) is 5.78 Å². The molecule has 3 aromatic heterocycles. The first-order valence-electron chi connectivity index (χ1n) is 6.87. The lowest BCUT2D eigenvalue weighted by molar-refractivity contribution is 0.0960. The zero-order valence-electron chi connectivity index (χ0n) is 12.5. The number of rotatable bonds is 0. The molecular formula is C16H12N2O3S. The molecule has 0 saturated heterocycles. The van der Waals surface area contributed by atoms with E-state index < -0.39 is 0 Å². The Morgan fingerprint density at radius 1 is 0.818 bits per heavy atom. The molecular weight excluding hydrogens is 300 g/mol. The van der Waals surface area contributed by atoms with E-state index in [4.69, 9.17) is 4.42 Å². The quantitative estimate of drug-likeness (QED) is 0.498. The van der Waals surface area contributed by atoms with E-state index in [1.165, 1.54) is 0 Å². The molecule has 4 rings (SSSR count). The van der Waals surface area contributed by atoms with E-state index in [0.29, 0.717) is 33.7 Å². The van der Waals surface area contributed by atoms with Crippen LogP contribution in [0.1, 0.15) is 53.2 Å². The number of carbonyl (C=O) groups excluding carboxylic acids is 2. The van der Waals surface area contributed by atoms with Crippen molar-refractivity contribution in [3.05, 3.63) is 43.6 Å². The van der Waals surface area contributed by atoms with Crippen molar-refractivity contribution >= 4 is 33.9 Å². The number of aromatic nitrogens is 2. The van der Waals surface area contributed by atoms with Crippen LogP contribution in [0.3, 0.4) is 0 Å². The molecule has 0 N–H and O–H groups in total. The highest BCUT2D eigenvalue weighted by Crippen LogP contribution is 2.41. The number of carbonyl (C=O) groups is 2. The molecule has 5 nitrogen and oxygen atoms in total. The molecule has 3 heterocycles. The smallest absolute Gasteiger partial charge is 0.231 e. The molecule has 0 atom stereocenters. The Hall–Kier alpha value is -2.34. The highest BCUT2D eigenvalue weighted by Gasteiger charge is 2.39. The maximum absolute atomic E-state index is 13.0. The first-order chi connectivity index (χ1) is 10.4. The second-order valence-corrected chi connectivity index (χ2v) is 6.93. The molecule has 0 fully saturated rings. The third-order valence-corrected chi connectivity index (χ3v) is 5.10. The standard InChI is InChI=1S/C16H12N2O3S/c1-5-9-10(6(2)18-17-5)14(20)16-12(13(9)19)11-7(3)22-8(4)15(11)21-16/h1-4H3. The summed E-state index contributed by atoms with van der Waals surface area (Å²) in [6, 6.07) is 0. The van der Waals surface area contributed by atoms with Gasteiger partial charge in [-0.3, -0.25) is 9.59 Å². The Balaban J connectivity index is 2.17. The second kappa shape index (κ2) is 4.10. The first kappa shape index (κ1) is 13.3. The van der Waals surface area contributed by atoms with Gasteiger partial charge in [-0.2, -0.15) is 10.2 Å². The molecule has 22 heavy (non-hydrogen) atoms. The van der Waals surface area contributed by atoms with E-state index >= 15 is 0 Å². The average Bonchev–Trinajstić information content (AvgIpc) is 2.99. The van der Waals surface area contributed by atoms with Gasteiger partial charge in [-0.25, -0.2) is 0 Å². The van der Waals surface area contributed by atoms with Crippen molar-refractivity contribution in [2.75, 3.05) is 0 Å². The lowest BCUT2D eigenvalue weighted by atomic mass is 9.86. The minimum atomic E-state index is -0.278. The van der Waals surface area contributed by atoms with Gasteiger partial charge in [-0.15, -0.1) is 11.3 Å². The summed E-state index contributed by atoms with van der Waals surface area (Å²) in [5, 5.41) is 8.71. The third-order valence-electron chi connectivity index (χ3n) is 4.10. The summed E-state index contributed by atoms with van der Waals surface area (Å²) in [7, 11) is 0. The SMILES string of the molecule is Cc1nnc(C)c2c1C(=O)c1oc3c(C)sc(C)c3c1C2=O. The number of hydrogen-bond donors (Lipinski definition) is 0. The van der Waals surface area contributed by atoms with Crippen LogP contribution in [0, 0.1) is 27.7 Å². The molecule has 1 aliphatic carbocycles. The second-order valence-electron chi connectivity index (χ2n) is 5.50. The Labute approximate surface area is 130 Å². The third kappa shape index (κ3) is 1.42. The van der Waals surface area contributed by atoms with Crippen molar-refractivity contribution in [2.24, 2.45) is 0 Å². The van der Waals surface area contributed by atoms with Crippen LogP contribution >= 0.6 is 11.3 Å². The Morgan fingerprint density at radius 3 is 2.05 bits per heavy atom. The van der Waals surface area contributed by atoms with Crippen molar-refractivity contribution < 1.29 is 14.0 Å². The number of nitrogens with zero attached hydrogens (tertiary/aromatic N) is 2. The zero-order valence-corrected chi connectivity index (χ0v) is 13.3. The summed E-state index contributed by atoms with van der Waals surface area (Å²) >= 11 is 1.57. The fourth-order valence-electron chi connectivity index (χ4n) is 3.12. The fourth-order valence-corrected chi connectivity index (χ4v) is 4.12. The van der Waals surface area contributed by atoms with E-state index in [0.717, 1.165) is 15.1 Å². The van der Waals surface area contributed by atoms with Crippen LogP contribution < -0.4 is 0 Å². The summed E-state index contributed by atoms with van der Waals surface area (Å²) in [5.74, 6) is -0.336.